The Morgan fingerprint density at radius 1 is 1.32 bits per heavy atom. The van der Waals surface area contributed by atoms with Crippen molar-refractivity contribution in [2.24, 2.45) is 5.92 Å². The summed E-state index contributed by atoms with van der Waals surface area (Å²) in [6.45, 7) is 2.70. The predicted molar refractivity (Wildman–Crippen MR) is 72.6 cm³/mol. The molecule has 0 bridgehead atoms. The molecule has 0 spiro atoms. The molecule has 1 saturated heterocycles. The molecule has 2 aliphatic rings. The van der Waals surface area contributed by atoms with Crippen molar-refractivity contribution in [2.75, 3.05) is 13.1 Å². The van der Waals surface area contributed by atoms with Crippen molar-refractivity contribution in [1.29, 1.82) is 0 Å². The van der Waals surface area contributed by atoms with Gasteiger partial charge in [0.05, 0.1) is 0 Å². The number of nitrogens with zero attached hydrogens (tertiary/aromatic N) is 1. The zero-order valence-electron chi connectivity index (χ0n) is 10.8. The average molecular weight is 256 g/mol. The van der Waals surface area contributed by atoms with Crippen molar-refractivity contribution in [3.05, 3.63) is 59.7 Å². The number of piperidine rings is 1. The van der Waals surface area contributed by atoms with Crippen LogP contribution < -0.4 is 5.32 Å². The van der Waals surface area contributed by atoms with Crippen molar-refractivity contribution in [1.82, 2.24) is 9.88 Å². The number of fused-ring (bicyclic) bond motifs is 1. The summed E-state index contributed by atoms with van der Waals surface area (Å²) in [7, 11) is 0. The molecule has 2 atom stereocenters. The number of halogens is 1. The van der Waals surface area contributed by atoms with Crippen LogP contribution in [0.5, 0.6) is 0 Å². The van der Waals surface area contributed by atoms with Crippen LogP contribution in [0.2, 0.25) is 0 Å². The first-order valence-corrected chi connectivity index (χ1v) is 6.88. The molecular formula is C16H17FN2. The van der Waals surface area contributed by atoms with Crippen molar-refractivity contribution in [3.8, 4) is 0 Å². The molecule has 2 nitrogen and oxygen atoms in total. The topological polar surface area (TPSA) is 17.0 Å². The number of rotatable bonds is 3. The van der Waals surface area contributed by atoms with E-state index in [-0.39, 0.29) is 11.2 Å². The van der Waals surface area contributed by atoms with Crippen LogP contribution in [0.4, 0.5) is 4.39 Å². The van der Waals surface area contributed by atoms with Crippen molar-refractivity contribution >= 4 is 0 Å². The zero-order chi connectivity index (χ0) is 12.9. The van der Waals surface area contributed by atoms with Crippen LogP contribution in [0.25, 0.3) is 0 Å². The monoisotopic (exact) mass is 256 g/mol. The second-order valence-corrected chi connectivity index (χ2v) is 5.85. The minimum atomic E-state index is -0.0712. The summed E-state index contributed by atoms with van der Waals surface area (Å²) in [5.41, 5.74) is 2.18. The Hall–Kier alpha value is -1.61. The van der Waals surface area contributed by atoms with Gasteiger partial charge in [-0.25, -0.2) is 4.39 Å². The lowest BCUT2D eigenvalue weighted by atomic mass is 9.94. The number of nitrogens with one attached hydrogen (secondary N) is 1. The molecule has 0 amide bonds. The van der Waals surface area contributed by atoms with Crippen LogP contribution in [-0.4, -0.2) is 17.7 Å². The van der Waals surface area contributed by atoms with E-state index in [9.17, 15) is 4.39 Å². The maximum absolute atomic E-state index is 14.3. The van der Waals surface area contributed by atoms with Crippen LogP contribution in [0, 0.1) is 11.7 Å². The van der Waals surface area contributed by atoms with Crippen LogP contribution in [-0.2, 0) is 12.0 Å². The van der Waals surface area contributed by atoms with Gasteiger partial charge in [0, 0.05) is 36.5 Å². The molecule has 1 saturated carbocycles. The summed E-state index contributed by atoms with van der Waals surface area (Å²) in [6.07, 6.45) is 5.14. The average Bonchev–Trinajstić information content (AvgIpc) is 2.82. The SMILES string of the molecule is Fc1cc([C@]23CNC[C@H]2C3)ccc1Cn1cccc1. The molecule has 0 radical (unpaired) electrons. The lowest BCUT2D eigenvalue weighted by Gasteiger charge is -2.14. The first-order chi connectivity index (χ1) is 9.28. The first kappa shape index (κ1) is 11.2. The van der Waals surface area contributed by atoms with Crippen LogP contribution in [0.1, 0.15) is 17.5 Å². The quantitative estimate of drug-likeness (QED) is 0.893. The predicted octanol–water partition coefficient (Wildman–Crippen LogP) is 2.54. The third-order valence-electron chi connectivity index (χ3n) is 4.71. The first-order valence-electron chi connectivity index (χ1n) is 6.88. The van der Waals surface area contributed by atoms with Crippen LogP contribution >= 0.6 is 0 Å². The highest BCUT2D eigenvalue weighted by Gasteiger charge is 2.58. The fraction of sp³-hybridized carbons (Fsp3) is 0.375. The number of hydrogen-bond donors (Lipinski definition) is 1. The summed E-state index contributed by atoms with van der Waals surface area (Å²) in [4.78, 5) is 0. The molecule has 0 unspecified atom stereocenters. The fourth-order valence-electron chi connectivity index (χ4n) is 3.45. The second kappa shape index (κ2) is 3.94. The molecule has 19 heavy (non-hydrogen) atoms. The van der Waals surface area contributed by atoms with Gasteiger partial charge in [0.25, 0.3) is 0 Å². The van der Waals surface area contributed by atoms with Crippen molar-refractivity contribution in [3.63, 3.8) is 0 Å². The van der Waals surface area contributed by atoms with Gasteiger partial charge in [-0.05, 0) is 42.6 Å². The fourth-order valence-corrected chi connectivity index (χ4v) is 3.45. The lowest BCUT2D eigenvalue weighted by Crippen LogP contribution is -2.19. The summed E-state index contributed by atoms with van der Waals surface area (Å²) in [6, 6.07) is 9.75. The van der Waals surface area contributed by atoms with E-state index in [2.05, 4.69) is 11.4 Å². The Bertz CT molecular complexity index is 605. The molecule has 4 rings (SSSR count). The lowest BCUT2D eigenvalue weighted by molar-refractivity contribution is 0.590. The molecule has 3 heteroatoms. The number of benzene rings is 1. The Balaban J connectivity index is 1.62. The van der Waals surface area contributed by atoms with E-state index in [4.69, 9.17) is 0 Å². The minimum Gasteiger partial charge on any atom is -0.350 e. The van der Waals surface area contributed by atoms with E-state index in [1.807, 2.05) is 35.2 Å². The molecule has 1 aliphatic heterocycles. The van der Waals surface area contributed by atoms with Crippen LogP contribution in [0.3, 0.4) is 0 Å². The molecule has 2 aromatic rings. The van der Waals surface area contributed by atoms with Gasteiger partial charge in [-0.1, -0.05) is 12.1 Å². The highest BCUT2D eigenvalue weighted by molar-refractivity contribution is 5.39. The summed E-state index contributed by atoms with van der Waals surface area (Å²) >= 11 is 0. The van der Waals surface area contributed by atoms with Gasteiger partial charge in [-0.2, -0.15) is 0 Å². The molecule has 1 aromatic carbocycles. The smallest absolute Gasteiger partial charge is 0.128 e. The largest absolute Gasteiger partial charge is 0.350 e. The van der Waals surface area contributed by atoms with Crippen molar-refractivity contribution < 1.29 is 4.39 Å². The van der Waals surface area contributed by atoms with Gasteiger partial charge >= 0.3 is 0 Å². The summed E-state index contributed by atoms with van der Waals surface area (Å²) < 4.78 is 16.2. The highest BCUT2D eigenvalue weighted by Crippen LogP contribution is 2.56. The van der Waals surface area contributed by atoms with E-state index in [0.29, 0.717) is 6.54 Å². The Kier molecular flexibility index (Phi) is 2.33. The van der Waals surface area contributed by atoms with E-state index in [1.54, 1.807) is 6.07 Å². The zero-order valence-corrected chi connectivity index (χ0v) is 10.8. The molecule has 1 aromatic heterocycles. The minimum absolute atomic E-state index is 0.0712. The molecule has 2 fully saturated rings. The second-order valence-electron chi connectivity index (χ2n) is 5.85. The van der Waals surface area contributed by atoms with Gasteiger partial charge in [-0.3, -0.25) is 0 Å². The molecular weight excluding hydrogens is 239 g/mol. The summed E-state index contributed by atoms with van der Waals surface area (Å²) in [5, 5.41) is 3.40. The maximum atomic E-state index is 14.3. The van der Waals surface area contributed by atoms with Gasteiger partial charge in [0.1, 0.15) is 5.82 Å². The third-order valence-corrected chi connectivity index (χ3v) is 4.71. The van der Waals surface area contributed by atoms with E-state index in [0.717, 1.165) is 24.6 Å². The van der Waals surface area contributed by atoms with E-state index in [1.165, 1.54) is 12.0 Å². The number of aromatic nitrogens is 1. The molecule has 1 aliphatic carbocycles. The van der Waals surface area contributed by atoms with E-state index >= 15 is 0 Å². The Morgan fingerprint density at radius 3 is 2.79 bits per heavy atom. The summed E-state index contributed by atoms with van der Waals surface area (Å²) in [5.74, 6) is 0.653. The highest BCUT2D eigenvalue weighted by atomic mass is 19.1. The van der Waals surface area contributed by atoms with E-state index < -0.39 is 0 Å². The normalized spacial score (nSPS) is 28.4. The molecule has 2 heterocycles. The van der Waals surface area contributed by atoms with Gasteiger partial charge < -0.3 is 9.88 Å². The number of hydrogen-bond acceptors (Lipinski definition) is 1. The maximum Gasteiger partial charge on any atom is 0.128 e. The van der Waals surface area contributed by atoms with Gasteiger partial charge in [0.15, 0.2) is 0 Å². The van der Waals surface area contributed by atoms with Crippen molar-refractivity contribution in [2.45, 2.75) is 18.4 Å². The molecule has 98 valence electrons. The van der Waals surface area contributed by atoms with Crippen LogP contribution in [0.15, 0.2) is 42.7 Å². The Morgan fingerprint density at radius 2 is 2.16 bits per heavy atom. The third kappa shape index (κ3) is 1.72. The Labute approximate surface area is 112 Å². The van der Waals surface area contributed by atoms with Gasteiger partial charge in [0.2, 0.25) is 0 Å². The standard InChI is InChI=1S/C16H17FN2/c17-15-7-13(16-8-14(16)9-18-11-16)4-3-12(15)10-19-5-1-2-6-19/h1-7,14,18H,8-11H2/t14-,16+/m1/s1. The molecule has 1 N–H and O–H groups in total. The van der Waals surface area contributed by atoms with Gasteiger partial charge in [-0.15, -0.1) is 0 Å².